The second-order valence-electron chi connectivity index (χ2n) is 5.68. The van der Waals surface area contributed by atoms with E-state index in [1.165, 1.54) is 11.1 Å². The van der Waals surface area contributed by atoms with Gasteiger partial charge in [-0.2, -0.15) is 0 Å². The summed E-state index contributed by atoms with van der Waals surface area (Å²) in [6.45, 7) is 9.60. The van der Waals surface area contributed by atoms with E-state index in [2.05, 4.69) is 24.8 Å². The summed E-state index contributed by atoms with van der Waals surface area (Å²) in [6.07, 6.45) is 9.96. The summed E-state index contributed by atoms with van der Waals surface area (Å²) in [7, 11) is 0. The maximum Gasteiger partial charge on any atom is 0.305 e. The minimum absolute atomic E-state index is 0.124. The Morgan fingerprint density at radius 2 is 2.00 bits per heavy atom. The first-order chi connectivity index (χ1) is 11.1. The van der Waals surface area contributed by atoms with E-state index in [-0.39, 0.29) is 18.0 Å². The predicted molar refractivity (Wildman–Crippen MR) is 97.2 cm³/mol. The lowest BCUT2D eigenvalue weighted by molar-refractivity contribution is -0.150. The van der Waals surface area contributed by atoms with E-state index < -0.39 is 0 Å². The van der Waals surface area contributed by atoms with Crippen molar-refractivity contribution in [3.05, 3.63) is 72.4 Å². The normalized spacial score (nSPS) is 14.5. The molecule has 2 nitrogen and oxygen atoms in total. The van der Waals surface area contributed by atoms with Crippen molar-refractivity contribution in [1.29, 1.82) is 0 Å². The SMILES string of the molecule is C=C/C=C(\C=C/C)CC(Cc1ccccc1)C(C)OC(=O)CC. The van der Waals surface area contributed by atoms with Crippen LogP contribution in [0.5, 0.6) is 0 Å². The van der Waals surface area contributed by atoms with E-state index in [0.717, 1.165) is 12.8 Å². The Morgan fingerprint density at radius 3 is 2.57 bits per heavy atom. The van der Waals surface area contributed by atoms with Crippen molar-refractivity contribution in [3.63, 3.8) is 0 Å². The lowest BCUT2D eigenvalue weighted by Gasteiger charge is -2.25. The maximum atomic E-state index is 11.6. The summed E-state index contributed by atoms with van der Waals surface area (Å²) >= 11 is 0. The van der Waals surface area contributed by atoms with Gasteiger partial charge in [-0.15, -0.1) is 0 Å². The minimum Gasteiger partial charge on any atom is -0.462 e. The Balaban J connectivity index is 2.92. The Morgan fingerprint density at radius 1 is 1.30 bits per heavy atom. The van der Waals surface area contributed by atoms with Gasteiger partial charge in [0.05, 0.1) is 0 Å². The van der Waals surface area contributed by atoms with Gasteiger partial charge >= 0.3 is 5.97 Å². The van der Waals surface area contributed by atoms with Gasteiger partial charge in [0.2, 0.25) is 0 Å². The first kappa shape index (κ1) is 19.0. The van der Waals surface area contributed by atoms with Crippen LogP contribution < -0.4 is 0 Å². The van der Waals surface area contributed by atoms with E-state index in [1.54, 1.807) is 6.08 Å². The molecule has 0 radical (unpaired) electrons. The summed E-state index contributed by atoms with van der Waals surface area (Å²) in [6, 6.07) is 10.3. The highest BCUT2D eigenvalue weighted by atomic mass is 16.5. The van der Waals surface area contributed by atoms with Gasteiger partial charge in [0.1, 0.15) is 6.10 Å². The van der Waals surface area contributed by atoms with Crippen LogP contribution in [0.1, 0.15) is 39.2 Å². The number of ether oxygens (including phenoxy) is 1. The molecule has 0 N–H and O–H groups in total. The Kier molecular flexibility index (Phi) is 8.74. The number of benzene rings is 1. The zero-order chi connectivity index (χ0) is 17.1. The molecule has 0 bridgehead atoms. The van der Waals surface area contributed by atoms with Crippen molar-refractivity contribution in [2.24, 2.45) is 5.92 Å². The molecule has 0 aliphatic rings. The molecule has 0 heterocycles. The molecular weight excluding hydrogens is 284 g/mol. The molecule has 0 aliphatic heterocycles. The van der Waals surface area contributed by atoms with Crippen molar-refractivity contribution in [2.45, 2.75) is 46.1 Å². The fraction of sp³-hybridized carbons (Fsp3) is 0.381. The Labute approximate surface area is 140 Å². The quantitative estimate of drug-likeness (QED) is 0.459. The molecule has 0 aliphatic carbocycles. The van der Waals surface area contributed by atoms with E-state index in [0.29, 0.717) is 6.42 Å². The van der Waals surface area contributed by atoms with Crippen molar-refractivity contribution in [1.82, 2.24) is 0 Å². The molecule has 2 unspecified atom stereocenters. The van der Waals surface area contributed by atoms with Gasteiger partial charge in [0.25, 0.3) is 0 Å². The smallest absolute Gasteiger partial charge is 0.305 e. The Hall–Kier alpha value is -2.09. The standard InChI is InChI=1S/C21H28O2/c1-5-11-18(12-6-2)15-20(17(4)23-21(22)7-3)16-19-13-9-8-10-14-19/h5-6,8-14,17,20H,1,7,15-16H2,2-4H3/b12-6-,18-11+. The molecule has 2 atom stereocenters. The molecule has 1 aromatic rings. The average molecular weight is 312 g/mol. The predicted octanol–water partition coefficient (Wildman–Crippen LogP) is 5.27. The zero-order valence-corrected chi connectivity index (χ0v) is 14.5. The van der Waals surface area contributed by atoms with Crippen LogP contribution >= 0.6 is 0 Å². The van der Waals surface area contributed by atoms with E-state index in [9.17, 15) is 4.79 Å². The van der Waals surface area contributed by atoms with Gasteiger partial charge in [-0.25, -0.2) is 0 Å². The molecule has 23 heavy (non-hydrogen) atoms. The van der Waals surface area contributed by atoms with Crippen molar-refractivity contribution in [2.75, 3.05) is 0 Å². The third-order valence-electron chi connectivity index (χ3n) is 3.82. The van der Waals surface area contributed by atoms with Gasteiger partial charge in [-0.1, -0.05) is 68.1 Å². The number of carbonyl (C=O) groups is 1. The van der Waals surface area contributed by atoms with Gasteiger partial charge in [0.15, 0.2) is 0 Å². The van der Waals surface area contributed by atoms with Gasteiger partial charge in [0, 0.05) is 12.3 Å². The number of carbonyl (C=O) groups excluding carboxylic acids is 1. The first-order valence-electron chi connectivity index (χ1n) is 8.28. The molecule has 0 fully saturated rings. The molecule has 124 valence electrons. The summed E-state index contributed by atoms with van der Waals surface area (Å²) in [5.74, 6) is 0.0890. The summed E-state index contributed by atoms with van der Waals surface area (Å²) in [4.78, 5) is 11.6. The number of hydrogen-bond donors (Lipinski definition) is 0. The molecule has 0 saturated carbocycles. The van der Waals surface area contributed by atoms with Crippen LogP contribution in [0.25, 0.3) is 0 Å². The highest BCUT2D eigenvalue weighted by molar-refractivity contribution is 5.69. The van der Waals surface area contributed by atoms with Crippen LogP contribution in [0.2, 0.25) is 0 Å². The summed E-state index contributed by atoms with van der Waals surface area (Å²) in [5.41, 5.74) is 2.46. The minimum atomic E-state index is -0.143. The molecule has 1 aromatic carbocycles. The fourth-order valence-electron chi connectivity index (χ4n) is 2.57. The number of allylic oxidation sites excluding steroid dienone is 5. The average Bonchev–Trinajstić information content (AvgIpc) is 2.55. The van der Waals surface area contributed by atoms with Gasteiger partial charge in [-0.3, -0.25) is 4.79 Å². The summed E-state index contributed by atoms with van der Waals surface area (Å²) < 4.78 is 5.57. The molecule has 0 spiro atoms. The molecule has 0 saturated heterocycles. The second-order valence-corrected chi connectivity index (χ2v) is 5.68. The first-order valence-corrected chi connectivity index (χ1v) is 8.28. The van der Waals surface area contributed by atoms with Crippen molar-refractivity contribution in [3.8, 4) is 0 Å². The third kappa shape index (κ3) is 7.14. The zero-order valence-electron chi connectivity index (χ0n) is 14.5. The summed E-state index contributed by atoms with van der Waals surface area (Å²) in [5, 5.41) is 0. The third-order valence-corrected chi connectivity index (χ3v) is 3.82. The molecular formula is C21H28O2. The number of esters is 1. The van der Waals surface area contributed by atoms with Gasteiger partial charge in [-0.05, 0) is 37.8 Å². The van der Waals surface area contributed by atoms with Crippen molar-refractivity contribution >= 4 is 5.97 Å². The molecule has 0 aromatic heterocycles. The molecule has 1 rings (SSSR count). The fourth-order valence-corrected chi connectivity index (χ4v) is 2.57. The largest absolute Gasteiger partial charge is 0.462 e. The number of rotatable bonds is 9. The lowest BCUT2D eigenvalue weighted by Crippen LogP contribution is -2.26. The van der Waals surface area contributed by atoms with E-state index >= 15 is 0 Å². The van der Waals surface area contributed by atoms with Crippen LogP contribution in [-0.4, -0.2) is 12.1 Å². The van der Waals surface area contributed by atoms with Crippen LogP contribution in [-0.2, 0) is 16.0 Å². The monoisotopic (exact) mass is 312 g/mol. The van der Waals surface area contributed by atoms with Crippen LogP contribution in [0.4, 0.5) is 0 Å². The van der Waals surface area contributed by atoms with Gasteiger partial charge < -0.3 is 4.74 Å². The van der Waals surface area contributed by atoms with Crippen LogP contribution in [0.15, 0.2) is 66.8 Å². The van der Waals surface area contributed by atoms with Crippen LogP contribution in [0.3, 0.4) is 0 Å². The van der Waals surface area contributed by atoms with E-state index in [1.807, 2.05) is 51.1 Å². The lowest BCUT2D eigenvalue weighted by atomic mass is 9.88. The molecule has 0 amide bonds. The molecule has 2 heteroatoms. The van der Waals surface area contributed by atoms with Crippen LogP contribution in [0, 0.1) is 5.92 Å². The maximum absolute atomic E-state index is 11.6. The highest BCUT2D eigenvalue weighted by Crippen LogP contribution is 2.24. The highest BCUT2D eigenvalue weighted by Gasteiger charge is 2.21. The van der Waals surface area contributed by atoms with Crippen molar-refractivity contribution < 1.29 is 9.53 Å². The Bertz CT molecular complexity index is 540. The topological polar surface area (TPSA) is 26.3 Å². The van der Waals surface area contributed by atoms with E-state index in [4.69, 9.17) is 4.74 Å². The number of hydrogen-bond acceptors (Lipinski definition) is 2. The second kappa shape index (κ2) is 10.6.